The normalized spacial score (nSPS) is 12.2. The molecule has 3 rings (SSSR count). The summed E-state index contributed by atoms with van der Waals surface area (Å²) in [5.41, 5.74) is 1.08. The molecule has 43 heavy (non-hydrogen) atoms. The highest BCUT2D eigenvalue weighted by atomic mass is 19.4. The Kier molecular flexibility index (Phi) is 13.2. The van der Waals surface area contributed by atoms with E-state index in [1.54, 1.807) is 38.1 Å². The Morgan fingerprint density at radius 2 is 1.49 bits per heavy atom. The van der Waals surface area contributed by atoms with Gasteiger partial charge in [0.25, 0.3) is 5.89 Å². The first-order valence-corrected chi connectivity index (χ1v) is 15.2. The highest BCUT2D eigenvalue weighted by Gasteiger charge is 2.32. The SMILES string of the molecule is CCCCCCCCCCCc1noc(-c2ccc(CN(C(=O)C(=O)OCC)[C@H](C)c3ccc(C(F)(F)F)cc3)cc2)n1. The molecule has 0 saturated carbocycles. The Morgan fingerprint density at radius 1 is 0.884 bits per heavy atom. The molecule has 10 heteroatoms. The van der Waals surface area contributed by atoms with E-state index in [1.165, 1.54) is 62.0 Å². The van der Waals surface area contributed by atoms with Crippen LogP contribution in [0.1, 0.15) is 107 Å². The monoisotopic (exact) mass is 601 g/mol. The molecular formula is C33H42F3N3O4. The summed E-state index contributed by atoms with van der Waals surface area (Å²) in [6.45, 7) is 5.53. The molecule has 0 aliphatic heterocycles. The van der Waals surface area contributed by atoms with E-state index in [-0.39, 0.29) is 13.2 Å². The van der Waals surface area contributed by atoms with E-state index in [2.05, 4.69) is 17.1 Å². The molecule has 2 aromatic carbocycles. The first-order valence-electron chi connectivity index (χ1n) is 15.2. The number of hydrogen-bond acceptors (Lipinski definition) is 6. The number of nitrogens with zero attached hydrogens (tertiary/aromatic N) is 3. The number of alkyl halides is 3. The van der Waals surface area contributed by atoms with Gasteiger partial charge in [-0.3, -0.25) is 4.79 Å². The van der Waals surface area contributed by atoms with E-state index < -0.39 is 29.7 Å². The smallest absolute Gasteiger partial charge is 0.416 e. The number of esters is 1. The van der Waals surface area contributed by atoms with E-state index in [9.17, 15) is 22.8 Å². The largest absolute Gasteiger partial charge is 0.459 e. The lowest BCUT2D eigenvalue weighted by molar-refractivity contribution is -0.161. The van der Waals surface area contributed by atoms with Crippen LogP contribution in [0.25, 0.3) is 11.5 Å². The van der Waals surface area contributed by atoms with Crippen LogP contribution in [0.5, 0.6) is 0 Å². The van der Waals surface area contributed by atoms with Crippen molar-refractivity contribution < 1.29 is 32.0 Å². The summed E-state index contributed by atoms with van der Waals surface area (Å²) < 4.78 is 49.5. The molecule has 3 aromatic rings. The van der Waals surface area contributed by atoms with Crippen molar-refractivity contribution in [3.05, 3.63) is 71.0 Å². The van der Waals surface area contributed by atoms with Crippen LogP contribution in [0, 0.1) is 0 Å². The number of ether oxygens (including phenoxy) is 1. The van der Waals surface area contributed by atoms with Crippen LogP contribution in [0.3, 0.4) is 0 Å². The highest BCUT2D eigenvalue weighted by Crippen LogP contribution is 2.31. The molecule has 0 spiro atoms. The molecule has 1 atom stereocenters. The fourth-order valence-corrected chi connectivity index (χ4v) is 4.84. The number of hydrogen-bond donors (Lipinski definition) is 0. The van der Waals surface area contributed by atoms with Crippen LogP contribution in [0.15, 0.2) is 53.1 Å². The molecule has 0 N–H and O–H groups in total. The number of benzene rings is 2. The Hall–Kier alpha value is -3.69. The lowest BCUT2D eigenvalue weighted by Gasteiger charge is -2.29. The fourth-order valence-electron chi connectivity index (χ4n) is 4.84. The molecule has 234 valence electrons. The van der Waals surface area contributed by atoms with E-state index in [1.807, 2.05) is 0 Å². The molecule has 0 aliphatic rings. The molecule has 1 aromatic heterocycles. The summed E-state index contributed by atoms with van der Waals surface area (Å²) >= 11 is 0. The van der Waals surface area contributed by atoms with Crippen molar-refractivity contribution in [3.8, 4) is 11.5 Å². The van der Waals surface area contributed by atoms with Crippen molar-refractivity contribution >= 4 is 11.9 Å². The lowest BCUT2D eigenvalue weighted by Crippen LogP contribution is -2.39. The van der Waals surface area contributed by atoms with E-state index in [0.717, 1.165) is 31.4 Å². The minimum absolute atomic E-state index is 0.0209. The minimum atomic E-state index is -4.48. The number of aromatic nitrogens is 2. The highest BCUT2D eigenvalue weighted by molar-refractivity contribution is 6.32. The average Bonchev–Trinajstić information content (AvgIpc) is 3.47. The van der Waals surface area contributed by atoms with E-state index in [0.29, 0.717) is 28.4 Å². The fraction of sp³-hybridized carbons (Fsp3) is 0.515. The molecule has 0 bridgehead atoms. The Balaban J connectivity index is 1.61. The first kappa shape index (κ1) is 33.8. The Bertz CT molecular complexity index is 1270. The predicted molar refractivity (Wildman–Crippen MR) is 158 cm³/mol. The average molecular weight is 602 g/mol. The molecule has 0 aliphatic carbocycles. The third-order valence-corrected chi connectivity index (χ3v) is 7.42. The van der Waals surface area contributed by atoms with Gasteiger partial charge in [-0.25, -0.2) is 4.79 Å². The number of amides is 1. The third-order valence-electron chi connectivity index (χ3n) is 7.42. The van der Waals surface area contributed by atoms with Gasteiger partial charge in [0.15, 0.2) is 5.82 Å². The second kappa shape index (κ2) is 16.8. The van der Waals surface area contributed by atoms with Crippen LogP contribution < -0.4 is 0 Å². The van der Waals surface area contributed by atoms with Crippen LogP contribution in [-0.2, 0) is 33.5 Å². The molecule has 7 nitrogen and oxygen atoms in total. The molecule has 0 saturated heterocycles. The maximum atomic E-state index is 13.0. The van der Waals surface area contributed by atoms with Gasteiger partial charge in [-0.15, -0.1) is 0 Å². The summed E-state index contributed by atoms with van der Waals surface area (Å²) in [5.74, 6) is -0.840. The summed E-state index contributed by atoms with van der Waals surface area (Å²) in [6, 6.07) is 11.0. The lowest BCUT2D eigenvalue weighted by atomic mass is 10.0. The van der Waals surface area contributed by atoms with Gasteiger partial charge in [-0.05, 0) is 55.7 Å². The Labute approximate surface area is 251 Å². The standard InChI is InChI=1S/C33H42F3N3O4/c1-4-6-7-8-9-10-11-12-13-14-29-37-30(43-38-29)27-17-15-25(16-18-27)23-39(31(40)32(41)42-5-2)24(3)26-19-21-28(22-20-26)33(34,35)36/h15-22,24H,4-14,23H2,1-3H3/t24-/m1/s1. The van der Waals surface area contributed by atoms with Gasteiger partial charge in [0.1, 0.15) is 0 Å². The van der Waals surface area contributed by atoms with E-state index in [4.69, 9.17) is 9.26 Å². The molecule has 0 radical (unpaired) electrons. The molecule has 0 fully saturated rings. The van der Waals surface area contributed by atoms with Crippen molar-refractivity contribution in [2.75, 3.05) is 6.61 Å². The topological polar surface area (TPSA) is 85.5 Å². The zero-order chi connectivity index (χ0) is 31.2. The van der Waals surface area contributed by atoms with E-state index >= 15 is 0 Å². The molecular weight excluding hydrogens is 559 g/mol. The molecule has 1 amide bonds. The summed E-state index contributed by atoms with van der Waals surface area (Å²) in [6.07, 6.45) is 7.43. The second-order valence-corrected chi connectivity index (χ2v) is 10.7. The van der Waals surface area contributed by atoms with Crippen LogP contribution in [-0.4, -0.2) is 33.5 Å². The summed E-state index contributed by atoms with van der Waals surface area (Å²) in [5, 5.41) is 4.11. The quantitative estimate of drug-likeness (QED) is 0.0930. The number of carbonyl (C=O) groups is 2. The van der Waals surface area contributed by atoms with Gasteiger partial charge in [0.2, 0.25) is 0 Å². The van der Waals surface area contributed by atoms with Crippen LogP contribution >= 0.6 is 0 Å². The zero-order valence-electron chi connectivity index (χ0n) is 25.3. The number of halogens is 3. The van der Waals surface area contributed by atoms with Crippen LogP contribution in [0.2, 0.25) is 0 Å². The van der Waals surface area contributed by atoms with Crippen molar-refractivity contribution in [2.24, 2.45) is 0 Å². The number of unbranched alkanes of at least 4 members (excludes halogenated alkanes) is 8. The number of aryl methyl sites for hydroxylation is 1. The van der Waals surface area contributed by atoms with Crippen molar-refractivity contribution in [1.29, 1.82) is 0 Å². The van der Waals surface area contributed by atoms with Gasteiger partial charge in [-0.1, -0.05) is 87.7 Å². The minimum Gasteiger partial charge on any atom is -0.459 e. The second-order valence-electron chi connectivity index (χ2n) is 10.7. The Morgan fingerprint density at radius 3 is 2.07 bits per heavy atom. The van der Waals surface area contributed by atoms with Crippen LogP contribution in [0.4, 0.5) is 13.2 Å². The predicted octanol–water partition coefficient (Wildman–Crippen LogP) is 8.48. The van der Waals surface area contributed by atoms with Gasteiger partial charge in [0, 0.05) is 18.5 Å². The zero-order valence-corrected chi connectivity index (χ0v) is 25.3. The number of rotatable bonds is 16. The third kappa shape index (κ3) is 10.5. The maximum Gasteiger partial charge on any atom is 0.416 e. The van der Waals surface area contributed by atoms with Crippen molar-refractivity contribution in [1.82, 2.24) is 15.0 Å². The van der Waals surface area contributed by atoms with Crippen molar-refractivity contribution in [3.63, 3.8) is 0 Å². The van der Waals surface area contributed by atoms with Gasteiger partial charge < -0.3 is 14.2 Å². The molecule has 1 heterocycles. The van der Waals surface area contributed by atoms with Crippen molar-refractivity contribution in [2.45, 2.75) is 104 Å². The first-order chi connectivity index (χ1) is 20.6. The van der Waals surface area contributed by atoms with Gasteiger partial charge in [-0.2, -0.15) is 18.2 Å². The number of carbonyl (C=O) groups excluding carboxylic acids is 2. The maximum absolute atomic E-state index is 13.0. The van der Waals surface area contributed by atoms with Gasteiger partial charge >= 0.3 is 18.1 Å². The van der Waals surface area contributed by atoms with Gasteiger partial charge in [0.05, 0.1) is 18.2 Å². The summed E-state index contributed by atoms with van der Waals surface area (Å²) in [7, 11) is 0. The summed E-state index contributed by atoms with van der Waals surface area (Å²) in [4.78, 5) is 31.1. The molecule has 0 unspecified atom stereocenters.